The Kier molecular flexibility index (Phi) is 6.17. The molecule has 0 radical (unpaired) electrons. The molecule has 0 spiro atoms. The second-order valence-corrected chi connectivity index (χ2v) is 6.76. The molecule has 0 atom stereocenters. The van der Waals surface area contributed by atoms with Crippen molar-refractivity contribution in [2.24, 2.45) is 0 Å². The van der Waals surface area contributed by atoms with Gasteiger partial charge in [0.25, 0.3) is 5.91 Å². The van der Waals surface area contributed by atoms with Crippen molar-refractivity contribution in [2.75, 3.05) is 19.6 Å². The number of benzene rings is 1. The Morgan fingerprint density at radius 2 is 1.88 bits per heavy atom. The lowest BCUT2D eigenvalue weighted by atomic mass is 10.1. The number of hydrogen-bond donors (Lipinski definition) is 1. The molecule has 0 aliphatic carbocycles. The number of nitrogens with one attached hydrogen (secondary N) is 1. The van der Waals surface area contributed by atoms with Crippen molar-refractivity contribution < 1.29 is 14.3 Å². The summed E-state index contributed by atoms with van der Waals surface area (Å²) in [5.41, 5.74) is 2.17. The Morgan fingerprint density at radius 3 is 2.54 bits per heavy atom. The summed E-state index contributed by atoms with van der Waals surface area (Å²) in [4.78, 5) is 26.1. The van der Waals surface area contributed by atoms with E-state index < -0.39 is 0 Å². The number of rotatable bonds is 6. The van der Waals surface area contributed by atoms with Gasteiger partial charge >= 0.3 is 0 Å². The van der Waals surface area contributed by atoms with Crippen molar-refractivity contribution in [3.63, 3.8) is 0 Å². The van der Waals surface area contributed by atoms with E-state index in [1.54, 1.807) is 24.3 Å². The van der Waals surface area contributed by atoms with E-state index in [1.165, 1.54) is 6.42 Å². The molecule has 0 unspecified atom stereocenters. The number of amides is 2. The van der Waals surface area contributed by atoms with Crippen LogP contribution in [-0.4, -0.2) is 45.1 Å². The molecular weight excluding hydrogens is 352 g/mol. The van der Waals surface area contributed by atoms with Gasteiger partial charge in [0.1, 0.15) is 18.1 Å². The fourth-order valence-corrected chi connectivity index (χ4v) is 3.30. The number of ether oxygens (including phenoxy) is 1. The molecule has 3 rings (SSSR count). The molecule has 138 valence electrons. The number of aromatic nitrogens is 2. The van der Waals surface area contributed by atoms with Crippen molar-refractivity contribution in [2.45, 2.75) is 32.8 Å². The van der Waals surface area contributed by atoms with Gasteiger partial charge in [-0.05, 0) is 50.5 Å². The van der Waals surface area contributed by atoms with Crippen molar-refractivity contribution >= 4 is 23.5 Å². The lowest BCUT2D eigenvalue weighted by Gasteiger charge is -2.26. The number of carbonyl (C=O) groups is 2. The third kappa shape index (κ3) is 4.78. The van der Waals surface area contributed by atoms with E-state index in [0.29, 0.717) is 17.9 Å². The van der Waals surface area contributed by atoms with E-state index in [4.69, 9.17) is 4.74 Å². The predicted octanol–water partition coefficient (Wildman–Crippen LogP) is 2.17. The largest absolute Gasteiger partial charge is 0.487 e. The van der Waals surface area contributed by atoms with E-state index in [-0.39, 0.29) is 18.4 Å². The first kappa shape index (κ1) is 18.3. The van der Waals surface area contributed by atoms with Gasteiger partial charge in [-0.1, -0.05) is 0 Å². The van der Waals surface area contributed by atoms with Gasteiger partial charge in [0.2, 0.25) is 5.91 Å². The summed E-state index contributed by atoms with van der Waals surface area (Å²) in [6.07, 6.45) is 3.25. The SMILES string of the molecule is Cc1nsnc1COc1ccc(C(=O)NCC(=O)N2CCCCC2)cc1. The second kappa shape index (κ2) is 8.75. The molecule has 1 aliphatic heterocycles. The van der Waals surface area contributed by atoms with E-state index in [0.717, 1.165) is 49.0 Å². The molecule has 2 aromatic rings. The highest BCUT2D eigenvalue weighted by molar-refractivity contribution is 6.99. The van der Waals surface area contributed by atoms with E-state index in [1.807, 2.05) is 11.8 Å². The molecule has 1 fully saturated rings. The Balaban J connectivity index is 1.47. The molecule has 7 nitrogen and oxygen atoms in total. The lowest BCUT2D eigenvalue weighted by Crippen LogP contribution is -2.42. The first-order valence-electron chi connectivity index (χ1n) is 8.70. The van der Waals surface area contributed by atoms with Crippen LogP contribution in [0.4, 0.5) is 0 Å². The summed E-state index contributed by atoms with van der Waals surface area (Å²) >= 11 is 1.16. The standard InChI is InChI=1S/C18H22N4O3S/c1-13-16(21-26-20-13)12-25-15-7-5-14(6-8-15)18(24)19-11-17(23)22-9-3-2-4-10-22/h5-8H,2-4,9-12H2,1H3,(H,19,24). The normalized spacial score (nSPS) is 14.1. The zero-order valence-corrected chi connectivity index (χ0v) is 15.6. The summed E-state index contributed by atoms with van der Waals surface area (Å²) in [6.45, 7) is 3.84. The Bertz CT molecular complexity index is 754. The zero-order valence-electron chi connectivity index (χ0n) is 14.7. The highest BCUT2D eigenvalue weighted by atomic mass is 32.1. The molecule has 0 saturated carbocycles. The fraction of sp³-hybridized carbons (Fsp3) is 0.444. The minimum absolute atomic E-state index is 0.0229. The molecule has 1 aliphatic rings. The number of hydrogen-bond acceptors (Lipinski definition) is 6. The molecule has 1 N–H and O–H groups in total. The van der Waals surface area contributed by atoms with Crippen LogP contribution in [0.1, 0.15) is 41.0 Å². The molecule has 2 amide bonds. The first-order chi connectivity index (χ1) is 12.6. The quantitative estimate of drug-likeness (QED) is 0.838. The van der Waals surface area contributed by atoms with Crippen LogP contribution in [0.2, 0.25) is 0 Å². The van der Waals surface area contributed by atoms with Crippen LogP contribution in [0.15, 0.2) is 24.3 Å². The second-order valence-electron chi connectivity index (χ2n) is 6.23. The van der Waals surface area contributed by atoms with Crippen LogP contribution < -0.4 is 10.1 Å². The Hall–Kier alpha value is -2.48. The van der Waals surface area contributed by atoms with E-state index in [9.17, 15) is 9.59 Å². The average Bonchev–Trinajstić information content (AvgIpc) is 3.10. The van der Waals surface area contributed by atoms with Gasteiger partial charge in [-0.3, -0.25) is 9.59 Å². The number of nitrogens with zero attached hydrogens (tertiary/aromatic N) is 3. The average molecular weight is 374 g/mol. The number of carbonyl (C=O) groups excluding carboxylic acids is 2. The Morgan fingerprint density at radius 1 is 1.15 bits per heavy atom. The molecule has 26 heavy (non-hydrogen) atoms. The maximum absolute atomic E-state index is 12.2. The summed E-state index contributed by atoms with van der Waals surface area (Å²) < 4.78 is 13.9. The molecular formula is C18H22N4O3S. The van der Waals surface area contributed by atoms with E-state index >= 15 is 0 Å². The summed E-state index contributed by atoms with van der Waals surface area (Å²) in [5, 5.41) is 2.69. The number of likely N-dealkylation sites (tertiary alicyclic amines) is 1. The van der Waals surface area contributed by atoms with Crippen molar-refractivity contribution in [3.8, 4) is 5.75 Å². The van der Waals surface area contributed by atoms with Crippen LogP contribution in [-0.2, 0) is 11.4 Å². The first-order valence-corrected chi connectivity index (χ1v) is 9.43. The summed E-state index contributed by atoms with van der Waals surface area (Å²) in [6, 6.07) is 6.83. The monoisotopic (exact) mass is 374 g/mol. The topological polar surface area (TPSA) is 84.4 Å². The highest BCUT2D eigenvalue weighted by Crippen LogP contribution is 2.15. The molecule has 1 saturated heterocycles. The fourth-order valence-electron chi connectivity index (χ4n) is 2.75. The highest BCUT2D eigenvalue weighted by Gasteiger charge is 2.17. The van der Waals surface area contributed by atoms with E-state index in [2.05, 4.69) is 14.1 Å². The molecule has 8 heteroatoms. The maximum Gasteiger partial charge on any atom is 0.251 e. The minimum Gasteiger partial charge on any atom is -0.487 e. The van der Waals surface area contributed by atoms with Gasteiger partial charge < -0.3 is 15.0 Å². The van der Waals surface area contributed by atoms with Crippen molar-refractivity contribution in [1.29, 1.82) is 0 Å². The minimum atomic E-state index is -0.263. The van der Waals surface area contributed by atoms with Crippen LogP contribution in [0.5, 0.6) is 5.75 Å². The van der Waals surface area contributed by atoms with Crippen LogP contribution in [0, 0.1) is 6.92 Å². The summed E-state index contributed by atoms with van der Waals surface area (Å²) in [7, 11) is 0. The number of piperidine rings is 1. The lowest BCUT2D eigenvalue weighted by molar-refractivity contribution is -0.130. The smallest absolute Gasteiger partial charge is 0.251 e. The van der Waals surface area contributed by atoms with Gasteiger partial charge in [0.05, 0.1) is 24.0 Å². The van der Waals surface area contributed by atoms with Crippen LogP contribution >= 0.6 is 11.7 Å². The van der Waals surface area contributed by atoms with Gasteiger partial charge in [-0.15, -0.1) is 0 Å². The van der Waals surface area contributed by atoms with Crippen LogP contribution in [0.3, 0.4) is 0 Å². The van der Waals surface area contributed by atoms with Crippen molar-refractivity contribution in [1.82, 2.24) is 19.0 Å². The molecule has 2 heterocycles. The van der Waals surface area contributed by atoms with Crippen molar-refractivity contribution in [3.05, 3.63) is 41.2 Å². The predicted molar refractivity (Wildman–Crippen MR) is 98.2 cm³/mol. The van der Waals surface area contributed by atoms with Gasteiger partial charge in [0.15, 0.2) is 0 Å². The van der Waals surface area contributed by atoms with Gasteiger partial charge in [-0.25, -0.2) is 0 Å². The zero-order chi connectivity index (χ0) is 18.4. The van der Waals surface area contributed by atoms with Gasteiger partial charge in [0, 0.05) is 18.7 Å². The van der Waals surface area contributed by atoms with Crippen LogP contribution in [0.25, 0.3) is 0 Å². The molecule has 1 aromatic heterocycles. The summed E-state index contributed by atoms with van der Waals surface area (Å²) in [5.74, 6) is 0.366. The third-order valence-electron chi connectivity index (χ3n) is 4.35. The molecule has 0 bridgehead atoms. The maximum atomic E-state index is 12.2. The third-order valence-corrected chi connectivity index (χ3v) is 5.00. The number of aryl methyl sites for hydroxylation is 1. The molecule has 1 aromatic carbocycles. The van der Waals surface area contributed by atoms with Gasteiger partial charge in [-0.2, -0.15) is 8.75 Å². The Labute approximate surface area is 156 Å².